The number of para-hydroxylation sites is 1. The molecule has 1 atom stereocenters. The van der Waals surface area contributed by atoms with Crippen LogP contribution in [0.4, 0.5) is 5.69 Å². The molecule has 0 aliphatic carbocycles. The van der Waals surface area contributed by atoms with E-state index in [9.17, 15) is 18.0 Å². The minimum absolute atomic E-state index is 0.0111. The van der Waals surface area contributed by atoms with Crippen molar-refractivity contribution < 1.29 is 22.7 Å². The second kappa shape index (κ2) is 17.2. The third-order valence-electron chi connectivity index (χ3n) is 7.50. The molecular formula is C36H39Cl2N3O5S. The maximum Gasteiger partial charge on any atom is 0.264 e. The van der Waals surface area contributed by atoms with Gasteiger partial charge in [0.15, 0.2) is 0 Å². The van der Waals surface area contributed by atoms with Crippen molar-refractivity contribution >= 4 is 50.7 Å². The molecule has 4 aromatic carbocycles. The maximum atomic E-state index is 14.5. The highest BCUT2D eigenvalue weighted by Crippen LogP contribution is 2.28. The lowest BCUT2D eigenvalue weighted by Crippen LogP contribution is -2.53. The number of amides is 2. The number of carbonyl (C=O) groups is 2. The van der Waals surface area contributed by atoms with Gasteiger partial charge in [-0.2, -0.15) is 0 Å². The monoisotopic (exact) mass is 695 g/mol. The van der Waals surface area contributed by atoms with Crippen LogP contribution >= 0.6 is 23.2 Å². The van der Waals surface area contributed by atoms with E-state index in [-0.39, 0.29) is 23.8 Å². The first-order valence-electron chi connectivity index (χ1n) is 15.5. The van der Waals surface area contributed by atoms with E-state index in [4.69, 9.17) is 27.9 Å². The molecule has 11 heteroatoms. The van der Waals surface area contributed by atoms with Crippen molar-refractivity contribution in [2.24, 2.45) is 0 Å². The lowest BCUT2D eigenvalue weighted by atomic mass is 10.0. The van der Waals surface area contributed by atoms with Crippen LogP contribution in [0.25, 0.3) is 0 Å². The van der Waals surface area contributed by atoms with Gasteiger partial charge in [-0.25, -0.2) is 8.42 Å². The molecule has 1 N–H and O–H groups in total. The first-order valence-corrected chi connectivity index (χ1v) is 17.7. The van der Waals surface area contributed by atoms with Crippen molar-refractivity contribution in [3.63, 3.8) is 0 Å². The van der Waals surface area contributed by atoms with Crippen molar-refractivity contribution in [3.05, 3.63) is 124 Å². The van der Waals surface area contributed by atoms with Gasteiger partial charge in [0.05, 0.1) is 17.2 Å². The van der Waals surface area contributed by atoms with Gasteiger partial charge in [0.1, 0.15) is 18.3 Å². The van der Waals surface area contributed by atoms with Gasteiger partial charge in [-0.1, -0.05) is 91.1 Å². The number of unbranched alkanes of at least 4 members (excludes halogenated alkanes) is 1. The van der Waals surface area contributed by atoms with E-state index in [1.807, 2.05) is 44.2 Å². The van der Waals surface area contributed by atoms with Crippen molar-refractivity contribution in [2.75, 3.05) is 24.0 Å². The molecule has 248 valence electrons. The maximum absolute atomic E-state index is 14.5. The largest absolute Gasteiger partial charge is 0.494 e. The Bertz CT molecular complexity index is 1720. The predicted octanol–water partition coefficient (Wildman–Crippen LogP) is 7.14. The number of rotatable bonds is 16. The van der Waals surface area contributed by atoms with E-state index >= 15 is 0 Å². The molecular weight excluding hydrogens is 657 g/mol. The van der Waals surface area contributed by atoms with Crippen LogP contribution < -0.4 is 14.4 Å². The third-order valence-corrected chi connectivity index (χ3v) is 9.88. The van der Waals surface area contributed by atoms with E-state index in [0.717, 1.165) is 22.7 Å². The van der Waals surface area contributed by atoms with Gasteiger partial charge in [-0.3, -0.25) is 13.9 Å². The Hall–Kier alpha value is -4.05. The highest BCUT2D eigenvalue weighted by atomic mass is 35.5. The SMILES string of the molecule is CCCCNC(=O)[C@@H](Cc1ccccc1)N(Cc1ccc(Cl)cc1Cl)C(=O)CN(c1ccccc1)S(=O)(=O)c1ccc(OCC)cc1. The third kappa shape index (κ3) is 9.73. The standard InChI is InChI=1S/C36H39Cl2N3O5S/c1-3-5-22-39-36(43)34(23-27-12-8-6-9-13-27)40(25-28-16-17-29(37)24-33(28)38)35(42)26-41(30-14-10-7-11-15-30)47(44,45)32-20-18-31(19-21-32)46-4-2/h6-21,24,34H,3-5,22-23,25-26H2,1-2H3,(H,39,43)/t34-/m1/s1. The molecule has 0 aliphatic heterocycles. The summed E-state index contributed by atoms with van der Waals surface area (Å²) < 4.78 is 34.9. The quantitative estimate of drug-likeness (QED) is 0.126. The van der Waals surface area contributed by atoms with E-state index in [0.29, 0.717) is 40.2 Å². The molecule has 4 rings (SSSR count). The predicted molar refractivity (Wildman–Crippen MR) is 187 cm³/mol. The van der Waals surface area contributed by atoms with Crippen LogP contribution in [0.1, 0.15) is 37.8 Å². The second-order valence-electron chi connectivity index (χ2n) is 10.9. The smallest absolute Gasteiger partial charge is 0.264 e. The van der Waals surface area contributed by atoms with Crippen LogP contribution in [-0.4, -0.2) is 50.9 Å². The molecule has 0 heterocycles. The molecule has 2 amide bonds. The summed E-state index contributed by atoms with van der Waals surface area (Å²) in [5.41, 5.74) is 1.70. The zero-order chi connectivity index (χ0) is 33.8. The number of halogens is 2. The van der Waals surface area contributed by atoms with E-state index in [1.165, 1.54) is 17.0 Å². The first kappa shape index (κ1) is 35.8. The molecule has 47 heavy (non-hydrogen) atoms. The lowest BCUT2D eigenvalue weighted by molar-refractivity contribution is -0.140. The van der Waals surface area contributed by atoms with Crippen molar-refractivity contribution in [2.45, 2.75) is 50.6 Å². The molecule has 0 fully saturated rings. The number of carbonyl (C=O) groups excluding carboxylic acids is 2. The second-order valence-corrected chi connectivity index (χ2v) is 13.6. The van der Waals surface area contributed by atoms with Gasteiger partial charge in [0.2, 0.25) is 11.8 Å². The van der Waals surface area contributed by atoms with Gasteiger partial charge >= 0.3 is 0 Å². The summed E-state index contributed by atoms with van der Waals surface area (Å²) in [6.07, 6.45) is 1.84. The lowest BCUT2D eigenvalue weighted by Gasteiger charge is -2.34. The molecule has 0 saturated carbocycles. The molecule has 0 unspecified atom stereocenters. The number of hydrogen-bond acceptors (Lipinski definition) is 5. The number of nitrogens with one attached hydrogen (secondary N) is 1. The number of sulfonamides is 1. The minimum Gasteiger partial charge on any atom is -0.494 e. The van der Waals surface area contributed by atoms with Gasteiger partial charge in [0.25, 0.3) is 10.0 Å². The number of hydrogen-bond donors (Lipinski definition) is 1. The molecule has 0 radical (unpaired) electrons. The summed E-state index contributed by atoms with van der Waals surface area (Å²) in [4.78, 5) is 29.8. The summed E-state index contributed by atoms with van der Waals surface area (Å²) in [5, 5.41) is 3.72. The topological polar surface area (TPSA) is 96.0 Å². The van der Waals surface area contributed by atoms with Crippen LogP contribution in [0.2, 0.25) is 10.0 Å². The van der Waals surface area contributed by atoms with Crippen molar-refractivity contribution in [3.8, 4) is 5.75 Å². The molecule has 0 bridgehead atoms. The van der Waals surface area contributed by atoms with E-state index in [1.54, 1.807) is 60.7 Å². The molecule has 8 nitrogen and oxygen atoms in total. The summed E-state index contributed by atoms with van der Waals surface area (Å²) in [7, 11) is -4.24. The van der Waals surface area contributed by atoms with E-state index in [2.05, 4.69) is 5.32 Å². The van der Waals surface area contributed by atoms with Gasteiger partial charge in [-0.15, -0.1) is 0 Å². The summed E-state index contributed by atoms with van der Waals surface area (Å²) >= 11 is 12.7. The summed E-state index contributed by atoms with van der Waals surface area (Å²) in [6, 6.07) is 27.8. The Labute approximate surface area is 287 Å². The average molecular weight is 697 g/mol. The summed E-state index contributed by atoms with van der Waals surface area (Å²) in [5.74, 6) is -0.403. The highest BCUT2D eigenvalue weighted by Gasteiger charge is 2.35. The van der Waals surface area contributed by atoms with Crippen molar-refractivity contribution in [1.82, 2.24) is 10.2 Å². The van der Waals surface area contributed by atoms with Crippen LogP contribution in [0.15, 0.2) is 108 Å². The van der Waals surface area contributed by atoms with Crippen LogP contribution in [0.3, 0.4) is 0 Å². The number of ether oxygens (including phenoxy) is 1. The Morgan fingerprint density at radius 2 is 1.53 bits per heavy atom. The molecule has 0 aromatic heterocycles. The summed E-state index contributed by atoms with van der Waals surface area (Å²) in [6.45, 7) is 4.10. The van der Waals surface area contributed by atoms with Gasteiger partial charge in [-0.05, 0) is 73.0 Å². The van der Waals surface area contributed by atoms with Gasteiger partial charge < -0.3 is 15.0 Å². The van der Waals surface area contributed by atoms with Crippen LogP contribution in [-0.2, 0) is 32.6 Å². The molecule has 0 spiro atoms. The fourth-order valence-corrected chi connectivity index (χ4v) is 6.90. The molecule has 0 aliphatic rings. The number of anilines is 1. The highest BCUT2D eigenvalue weighted by molar-refractivity contribution is 7.92. The van der Waals surface area contributed by atoms with E-state index < -0.39 is 28.5 Å². The molecule has 4 aromatic rings. The first-order chi connectivity index (χ1) is 22.6. The Balaban J connectivity index is 1.78. The van der Waals surface area contributed by atoms with Crippen LogP contribution in [0.5, 0.6) is 5.75 Å². The fraction of sp³-hybridized carbons (Fsp3) is 0.278. The Morgan fingerprint density at radius 1 is 0.872 bits per heavy atom. The average Bonchev–Trinajstić information content (AvgIpc) is 3.07. The van der Waals surface area contributed by atoms with Gasteiger partial charge in [0, 0.05) is 29.6 Å². The minimum atomic E-state index is -4.24. The molecule has 0 saturated heterocycles. The number of nitrogens with zero attached hydrogens (tertiary/aromatic N) is 2. The fourth-order valence-electron chi connectivity index (χ4n) is 5.02. The zero-order valence-corrected chi connectivity index (χ0v) is 28.8. The van der Waals surface area contributed by atoms with Crippen LogP contribution in [0, 0.1) is 0 Å². The normalized spacial score (nSPS) is 11.8. The van der Waals surface area contributed by atoms with Crippen molar-refractivity contribution in [1.29, 1.82) is 0 Å². The number of benzene rings is 4. The Morgan fingerprint density at radius 3 is 2.15 bits per heavy atom. The zero-order valence-electron chi connectivity index (χ0n) is 26.4. The Kier molecular flexibility index (Phi) is 13.1.